The molecule has 10 heteroatoms. The summed E-state index contributed by atoms with van der Waals surface area (Å²) in [6.07, 6.45) is -10.0. The first kappa shape index (κ1) is 24.9. The molecule has 1 aliphatic rings. The average Bonchev–Trinajstić information content (AvgIpc) is 2.68. The topological polar surface area (TPSA) is 64.3 Å². The van der Waals surface area contributed by atoms with Crippen molar-refractivity contribution in [3.05, 3.63) is 70.8 Å². The summed E-state index contributed by atoms with van der Waals surface area (Å²) in [6.45, 7) is 3.25. The number of primary amides is 1. The molecule has 1 unspecified atom stereocenters. The minimum Gasteiger partial charge on any atom is -0.373 e. The van der Waals surface area contributed by atoms with Crippen LogP contribution < -0.4 is 11.1 Å². The van der Waals surface area contributed by atoms with Gasteiger partial charge in [-0.3, -0.25) is 0 Å². The molecule has 4 nitrogen and oxygen atoms in total. The number of rotatable bonds is 6. The highest BCUT2D eigenvalue weighted by molar-refractivity contribution is 5.73. The van der Waals surface area contributed by atoms with Crippen LogP contribution in [0.4, 0.5) is 31.1 Å². The molecule has 2 aromatic carbocycles. The van der Waals surface area contributed by atoms with Crippen LogP contribution in [0.2, 0.25) is 0 Å². The second kappa shape index (κ2) is 8.55. The average molecular weight is 474 g/mol. The predicted molar refractivity (Wildman–Crippen MR) is 109 cm³/mol. The molecular weight excluding hydrogens is 450 g/mol. The van der Waals surface area contributed by atoms with Gasteiger partial charge in [-0.05, 0) is 56.0 Å². The lowest BCUT2D eigenvalue weighted by Crippen LogP contribution is -2.64. The molecule has 3 N–H and O–H groups in total. The van der Waals surface area contributed by atoms with E-state index in [1.54, 1.807) is 0 Å². The Morgan fingerprint density at radius 3 is 2.00 bits per heavy atom. The lowest BCUT2D eigenvalue weighted by atomic mass is 9.55. The Morgan fingerprint density at radius 2 is 1.55 bits per heavy atom. The van der Waals surface area contributed by atoms with Crippen molar-refractivity contribution < 1.29 is 35.9 Å². The summed E-state index contributed by atoms with van der Waals surface area (Å²) in [5, 5.41) is 2.68. The van der Waals surface area contributed by atoms with E-state index >= 15 is 0 Å². The summed E-state index contributed by atoms with van der Waals surface area (Å²) in [6, 6.07) is 9.95. The summed E-state index contributed by atoms with van der Waals surface area (Å²) < 4.78 is 85.0. The summed E-state index contributed by atoms with van der Waals surface area (Å²) in [4.78, 5) is 11.3. The van der Waals surface area contributed by atoms with Crippen molar-refractivity contribution >= 4 is 6.03 Å². The zero-order chi connectivity index (χ0) is 24.7. The van der Waals surface area contributed by atoms with Gasteiger partial charge in [-0.2, -0.15) is 26.3 Å². The molecular formula is C23H24F6N2O2. The van der Waals surface area contributed by atoms with Crippen LogP contribution in [-0.2, 0) is 22.5 Å². The first-order chi connectivity index (χ1) is 15.1. The Labute approximate surface area is 187 Å². The lowest BCUT2D eigenvalue weighted by Gasteiger charge is -2.55. The van der Waals surface area contributed by atoms with Crippen molar-refractivity contribution in [2.75, 3.05) is 6.61 Å². The fourth-order valence-electron chi connectivity index (χ4n) is 4.60. The van der Waals surface area contributed by atoms with Crippen LogP contribution in [-0.4, -0.2) is 18.2 Å². The van der Waals surface area contributed by atoms with Gasteiger partial charge in [0.15, 0.2) is 0 Å². The quantitative estimate of drug-likeness (QED) is 0.508. The smallest absolute Gasteiger partial charge is 0.373 e. The molecule has 1 atom stereocenters. The number of nitrogens with two attached hydrogens (primary N) is 1. The third-order valence-electron chi connectivity index (χ3n) is 5.96. The minimum atomic E-state index is -4.93. The number of carbonyl (C=O) groups excluding carboxylic acids is 1. The van der Waals surface area contributed by atoms with Gasteiger partial charge in [-0.1, -0.05) is 30.3 Å². The second-order valence-corrected chi connectivity index (χ2v) is 8.84. The Balaban J connectivity index is 1.86. The van der Waals surface area contributed by atoms with Gasteiger partial charge in [0, 0.05) is 11.0 Å². The van der Waals surface area contributed by atoms with Gasteiger partial charge in [-0.15, -0.1) is 0 Å². The van der Waals surface area contributed by atoms with Crippen LogP contribution in [0.1, 0.15) is 55.0 Å². The molecule has 0 spiro atoms. The van der Waals surface area contributed by atoms with E-state index in [0.717, 1.165) is 5.56 Å². The van der Waals surface area contributed by atoms with E-state index in [4.69, 9.17) is 10.5 Å². The van der Waals surface area contributed by atoms with E-state index in [2.05, 4.69) is 5.32 Å². The second-order valence-electron chi connectivity index (χ2n) is 8.84. The molecule has 0 aliphatic heterocycles. The summed E-state index contributed by atoms with van der Waals surface area (Å²) in [5.74, 6) is 0. The number of carbonyl (C=O) groups is 1. The normalized spacial score (nSPS) is 24.1. The number of hydrogen-bond acceptors (Lipinski definition) is 2. The molecule has 1 saturated carbocycles. The highest BCUT2D eigenvalue weighted by Gasteiger charge is 2.53. The third kappa shape index (κ3) is 5.61. The number of hydrogen-bond donors (Lipinski definition) is 2. The van der Waals surface area contributed by atoms with Crippen LogP contribution in [0, 0.1) is 0 Å². The molecule has 3 rings (SSSR count). The number of alkyl halides is 6. The Hall–Kier alpha value is -2.75. The van der Waals surface area contributed by atoms with Crippen molar-refractivity contribution in [3.8, 4) is 0 Å². The van der Waals surface area contributed by atoms with Gasteiger partial charge in [0.25, 0.3) is 0 Å². The van der Waals surface area contributed by atoms with E-state index in [9.17, 15) is 31.1 Å². The van der Waals surface area contributed by atoms with Crippen molar-refractivity contribution in [1.29, 1.82) is 0 Å². The SMILES string of the molecule is CC(OCC1(c2ccccc2)CC(C)(NC(N)=O)C1)c1cc(C(F)(F)F)cc(C(F)(F)F)c1. The van der Waals surface area contributed by atoms with Crippen molar-refractivity contribution in [2.24, 2.45) is 5.73 Å². The third-order valence-corrected chi connectivity index (χ3v) is 5.96. The maximum absolute atomic E-state index is 13.2. The maximum Gasteiger partial charge on any atom is 0.416 e. The highest BCUT2D eigenvalue weighted by Crippen LogP contribution is 2.51. The molecule has 1 aliphatic carbocycles. The van der Waals surface area contributed by atoms with Gasteiger partial charge in [0.1, 0.15) is 0 Å². The lowest BCUT2D eigenvalue weighted by molar-refractivity contribution is -0.143. The number of urea groups is 1. The van der Waals surface area contributed by atoms with Gasteiger partial charge in [0.05, 0.1) is 23.8 Å². The van der Waals surface area contributed by atoms with Gasteiger partial charge in [-0.25, -0.2) is 4.79 Å². The Kier molecular flexibility index (Phi) is 6.45. The van der Waals surface area contributed by atoms with Crippen molar-refractivity contribution in [2.45, 2.75) is 56.1 Å². The molecule has 0 bridgehead atoms. The van der Waals surface area contributed by atoms with Gasteiger partial charge in [0.2, 0.25) is 0 Å². The standard InChI is InChI=1S/C23H24F6N2O2/c1-14(15-8-17(22(24,25)26)10-18(9-15)23(27,28)29)33-13-21(16-6-4-3-5-7-16)11-20(2,12-21)31-19(30)32/h3-10,14H,11-13H2,1-2H3,(H3,30,31,32). The first-order valence-corrected chi connectivity index (χ1v) is 10.2. The highest BCUT2D eigenvalue weighted by atomic mass is 19.4. The van der Waals surface area contributed by atoms with Crippen molar-refractivity contribution in [1.82, 2.24) is 5.32 Å². The maximum atomic E-state index is 13.2. The number of halogens is 6. The molecule has 33 heavy (non-hydrogen) atoms. The zero-order valence-electron chi connectivity index (χ0n) is 18.0. The number of benzene rings is 2. The van der Waals surface area contributed by atoms with Crippen LogP contribution in [0.25, 0.3) is 0 Å². The van der Waals surface area contributed by atoms with Crippen LogP contribution >= 0.6 is 0 Å². The van der Waals surface area contributed by atoms with Crippen LogP contribution in [0.15, 0.2) is 48.5 Å². The number of amides is 2. The minimum absolute atomic E-state index is 0.0335. The molecule has 1 fully saturated rings. The molecule has 0 saturated heterocycles. The molecule has 180 valence electrons. The van der Waals surface area contributed by atoms with Gasteiger partial charge >= 0.3 is 18.4 Å². The Morgan fingerprint density at radius 1 is 1.03 bits per heavy atom. The summed E-state index contributed by atoms with van der Waals surface area (Å²) in [5.41, 5.74) is 1.95. The number of nitrogens with one attached hydrogen (secondary N) is 1. The number of ether oxygens (including phenoxy) is 1. The van der Waals surface area contributed by atoms with Crippen molar-refractivity contribution in [3.63, 3.8) is 0 Å². The predicted octanol–water partition coefficient (Wildman–Crippen LogP) is 5.96. The summed E-state index contributed by atoms with van der Waals surface area (Å²) >= 11 is 0. The van der Waals surface area contributed by atoms with E-state index < -0.39 is 46.6 Å². The molecule has 0 aromatic heterocycles. The van der Waals surface area contributed by atoms with Crippen LogP contribution in [0.5, 0.6) is 0 Å². The Bertz CT molecular complexity index is 966. The zero-order valence-corrected chi connectivity index (χ0v) is 18.0. The van der Waals surface area contributed by atoms with Crippen LogP contribution in [0.3, 0.4) is 0 Å². The monoisotopic (exact) mass is 474 g/mol. The summed E-state index contributed by atoms with van der Waals surface area (Å²) in [7, 11) is 0. The molecule has 2 aromatic rings. The molecule has 2 amide bonds. The molecule has 0 radical (unpaired) electrons. The fraction of sp³-hybridized carbons (Fsp3) is 0.435. The van der Waals surface area contributed by atoms with E-state index in [1.165, 1.54) is 6.92 Å². The van der Waals surface area contributed by atoms with E-state index in [-0.39, 0.29) is 18.2 Å². The van der Waals surface area contributed by atoms with Gasteiger partial charge < -0.3 is 15.8 Å². The fourth-order valence-corrected chi connectivity index (χ4v) is 4.60. The first-order valence-electron chi connectivity index (χ1n) is 10.2. The molecule has 0 heterocycles. The van der Waals surface area contributed by atoms with E-state index in [1.807, 2.05) is 37.3 Å². The van der Waals surface area contributed by atoms with E-state index in [0.29, 0.717) is 25.0 Å². The largest absolute Gasteiger partial charge is 0.416 e.